The second kappa shape index (κ2) is 7.44. The van der Waals surface area contributed by atoms with E-state index in [2.05, 4.69) is 20.8 Å². The van der Waals surface area contributed by atoms with Crippen molar-refractivity contribution in [3.8, 4) is 0 Å². The molecule has 3 atom stereocenters. The zero-order valence-electron chi connectivity index (χ0n) is 13.8. The molecule has 13 heteroatoms. The minimum atomic E-state index is -1.41. The van der Waals surface area contributed by atoms with Crippen LogP contribution in [0.15, 0.2) is 21.8 Å². The number of ether oxygens (including phenoxy) is 1. The van der Waals surface area contributed by atoms with Crippen LogP contribution in [0.5, 0.6) is 0 Å². The quantitative estimate of drug-likeness (QED) is 0.180. The number of nitrogens with two attached hydrogens (primary N) is 1. The van der Waals surface area contributed by atoms with E-state index in [1.165, 1.54) is 17.1 Å². The van der Waals surface area contributed by atoms with Crippen LogP contribution in [0.4, 0.5) is 5.13 Å². The number of rotatable bonds is 5. The van der Waals surface area contributed by atoms with Crippen LogP contribution in [0.3, 0.4) is 0 Å². The number of oxime groups is 1. The smallest absolute Gasteiger partial charge is 0.355 e. The SMILES string of the molecule is CC1OC(=O)C2=C1CS[C@H]([C@H](NC(=O)C(=NO)c1csc(N)n1)C(=O)O)N2. The van der Waals surface area contributed by atoms with E-state index in [1.54, 1.807) is 6.92 Å². The lowest BCUT2D eigenvalue weighted by Crippen LogP contribution is -2.55. The Hall–Kier alpha value is -2.80. The minimum Gasteiger partial charge on any atom is -0.480 e. The molecule has 0 aliphatic carbocycles. The van der Waals surface area contributed by atoms with E-state index in [0.29, 0.717) is 5.75 Å². The number of hydrogen-bond donors (Lipinski definition) is 5. The predicted molar refractivity (Wildman–Crippen MR) is 96.4 cm³/mol. The second-order valence-corrected chi connectivity index (χ2v) is 7.65. The number of thiazole rings is 1. The second-order valence-electron chi connectivity index (χ2n) is 5.63. The maximum absolute atomic E-state index is 12.4. The Morgan fingerprint density at radius 3 is 2.89 bits per heavy atom. The first kappa shape index (κ1) is 19.0. The van der Waals surface area contributed by atoms with E-state index >= 15 is 0 Å². The first-order valence-electron chi connectivity index (χ1n) is 7.61. The van der Waals surface area contributed by atoms with Crippen molar-refractivity contribution in [2.75, 3.05) is 11.5 Å². The van der Waals surface area contributed by atoms with E-state index in [0.717, 1.165) is 16.9 Å². The van der Waals surface area contributed by atoms with Gasteiger partial charge in [-0.05, 0) is 6.92 Å². The molecule has 0 aromatic carbocycles. The van der Waals surface area contributed by atoms with Crippen molar-refractivity contribution < 1.29 is 29.4 Å². The Bertz CT molecular complexity index is 866. The fourth-order valence-corrected chi connectivity index (χ4v) is 4.46. The van der Waals surface area contributed by atoms with Crippen LogP contribution >= 0.6 is 23.1 Å². The minimum absolute atomic E-state index is 0.0177. The summed E-state index contributed by atoms with van der Waals surface area (Å²) >= 11 is 2.24. The van der Waals surface area contributed by atoms with Gasteiger partial charge in [0.2, 0.25) is 0 Å². The largest absolute Gasteiger partial charge is 0.480 e. The molecule has 0 saturated heterocycles. The van der Waals surface area contributed by atoms with Crippen LogP contribution in [-0.2, 0) is 19.1 Å². The number of nitrogens with one attached hydrogen (secondary N) is 2. The summed E-state index contributed by atoms with van der Waals surface area (Å²) in [7, 11) is 0. The molecule has 144 valence electrons. The number of aromatic nitrogens is 1. The van der Waals surface area contributed by atoms with Gasteiger partial charge in [-0.3, -0.25) is 4.79 Å². The summed E-state index contributed by atoms with van der Waals surface area (Å²) in [6, 6.07) is -1.41. The molecule has 27 heavy (non-hydrogen) atoms. The summed E-state index contributed by atoms with van der Waals surface area (Å²) in [5, 5.41) is 27.4. The van der Waals surface area contributed by atoms with Crippen LogP contribution in [0.25, 0.3) is 0 Å². The van der Waals surface area contributed by atoms with Crippen LogP contribution in [-0.4, -0.2) is 62.1 Å². The lowest BCUT2D eigenvalue weighted by molar-refractivity contribution is -0.142. The molecule has 2 aliphatic heterocycles. The molecule has 0 spiro atoms. The highest BCUT2D eigenvalue weighted by atomic mass is 32.2. The standard InChI is InChI=1S/C14H15N5O6S2/c1-4-5-2-26-11(18-7(5)13(23)25-4)9(12(21)22)17-10(20)8(19-24)6-3-27-14(15)16-6/h3-4,9,11,18,24H,2H2,1H3,(H2,15,16)(H,17,20)(H,21,22)/t4?,9-,11+/m0/s1. The lowest BCUT2D eigenvalue weighted by atomic mass is 10.1. The molecule has 3 rings (SSSR count). The molecular formula is C14H15N5O6S2. The van der Waals surface area contributed by atoms with Crippen LogP contribution in [0.1, 0.15) is 12.6 Å². The van der Waals surface area contributed by atoms with E-state index in [9.17, 15) is 19.5 Å². The maximum atomic E-state index is 12.4. The first-order valence-corrected chi connectivity index (χ1v) is 9.54. The van der Waals surface area contributed by atoms with Gasteiger partial charge in [0.05, 0.1) is 0 Å². The Labute approximate surface area is 160 Å². The van der Waals surface area contributed by atoms with Gasteiger partial charge >= 0.3 is 11.9 Å². The number of nitrogens with zero attached hydrogens (tertiary/aromatic N) is 2. The van der Waals surface area contributed by atoms with Crippen LogP contribution < -0.4 is 16.4 Å². The number of carboxylic acids is 1. The number of carbonyl (C=O) groups is 3. The van der Waals surface area contributed by atoms with Crippen LogP contribution in [0.2, 0.25) is 0 Å². The summed E-state index contributed by atoms with van der Waals surface area (Å²) in [5.41, 5.74) is 6.00. The summed E-state index contributed by atoms with van der Waals surface area (Å²) in [6.07, 6.45) is -0.380. The van der Waals surface area contributed by atoms with Gasteiger partial charge in [0.15, 0.2) is 16.9 Å². The van der Waals surface area contributed by atoms with Gasteiger partial charge in [-0.2, -0.15) is 0 Å². The van der Waals surface area contributed by atoms with Gasteiger partial charge in [0, 0.05) is 16.7 Å². The molecule has 1 unspecified atom stereocenters. The van der Waals surface area contributed by atoms with Crippen molar-refractivity contribution >= 4 is 51.8 Å². The van der Waals surface area contributed by atoms with Crippen molar-refractivity contribution in [2.45, 2.75) is 24.4 Å². The highest BCUT2D eigenvalue weighted by Gasteiger charge is 2.41. The average molecular weight is 413 g/mol. The predicted octanol–water partition coefficient (Wildman–Crippen LogP) is -0.665. The highest BCUT2D eigenvalue weighted by molar-refractivity contribution is 8.00. The zero-order chi connectivity index (χ0) is 19.7. The van der Waals surface area contributed by atoms with E-state index in [1.807, 2.05) is 0 Å². The third-order valence-corrected chi connectivity index (χ3v) is 5.84. The number of esters is 1. The molecule has 0 fully saturated rings. The third kappa shape index (κ3) is 3.68. The van der Waals surface area contributed by atoms with Crippen molar-refractivity contribution in [1.29, 1.82) is 0 Å². The zero-order valence-corrected chi connectivity index (χ0v) is 15.5. The molecule has 6 N–H and O–H groups in total. The molecule has 1 aromatic rings. The summed E-state index contributed by atoms with van der Waals surface area (Å²) < 4.78 is 5.10. The fourth-order valence-electron chi connectivity index (χ4n) is 2.60. The lowest BCUT2D eigenvalue weighted by Gasteiger charge is -2.29. The summed E-state index contributed by atoms with van der Waals surface area (Å²) in [6.45, 7) is 1.73. The number of thioether (sulfide) groups is 1. The van der Waals surface area contributed by atoms with Gasteiger partial charge in [0.1, 0.15) is 22.9 Å². The van der Waals surface area contributed by atoms with Crippen molar-refractivity contribution in [3.63, 3.8) is 0 Å². The van der Waals surface area contributed by atoms with E-state index in [4.69, 9.17) is 15.7 Å². The average Bonchev–Trinajstić information content (AvgIpc) is 3.16. The maximum Gasteiger partial charge on any atom is 0.355 e. The Morgan fingerprint density at radius 1 is 1.56 bits per heavy atom. The molecule has 0 saturated carbocycles. The normalized spacial score (nSPS) is 23.3. The van der Waals surface area contributed by atoms with Gasteiger partial charge in [0.25, 0.3) is 5.91 Å². The van der Waals surface area contributed by atoms with Crippen molar-refractivity contribution in [1.82, 2.24) is 15.6 Å². The Balaban J connectivity index is 1.77. The molecule has 0 bridgehead atoms. The monoisotopic (exact) mass is 413 g/mol. The molecule has 1 amide bonds. The number of hydrogen-bond acceptors (Lipinski definition) is 11. The number of anilines is 1. The first-order chi connectivity index (χ1) is 12.8. The topological polar surface area (TPSA) is 176 Å². The van der Waals surface area contributed by atoms with E-state index < -0.39 is 35.0 Å². The molecule has 0 radical (unpaired) electrons. The third-order valence-electron chi connectivity index (χ3n) is 3.94. The number of carbonyl (C=O) groups excluding carboxylic acids is 2. The van der Waals surface area contributed by atoms with Gasteiger partial charge < -0.3 is 31.4 Å². The number of amides is 1. The Kier molecular flexibility index (Phi) is 5.23. The molecule has 1 aromatic heterocycles. The molecule has 2 aliphatic rings. The number of aliphatic carboxylic acids is 1. The number of carboxylic acid groups (broad SMARTS) is 1. The number of nitrogen functional groups attached to an aromatic ring is 1. The molecular weight excluding hydrogens is 398 g/mol. The van der Waals surface area contributed by atoms with Crippen molar-refractivity contribution in [2.24, 2.45) is 5.16 Å². The number of cyclic esters (lactones) is 1. The van der Waals surface area contributed by atoms with Gasteiger partial charge in [-0.1, -0.05) is 5.16 Å². The van der Waals surface area contributed by atoms with Crippen molar-refractivity contribution in [3.05, 3.63) is 22.3 Å². The van der Waals surface area contributed by atoms with E-state index in [-0.39, 0.29) is 22.6 Å². The Morgan fingerprint density at radius 2 is 2.30 bits per heavy atom. The highest BCUT2D eigenvalue weighted by Crippen LogP contribution is 2.32. The molecule has 11 nitrogen and oxygen atoms in total. The summed E-state index contributed by atoms with van der Waals surface area (Å²) in [4.78, 5) is 39.8. The van der Waals surface area contributed by atoms with Gasteiger partial charge in [-0.15, -0.1) is 23.1 Å². The molecule has 3 heterocycles. The van der Waals surface area contributed by atoms with Gasteiger partial charge in [-0.25, -0.2) is 14.6 Å². The fraction of sp³-hybridized carbons (Fsp3) is 0.357. The summed E-state index contributed by atoms with van der Waals surface area (Å²) in [5.74, 6) is -2.45. The van der Waals surface area contributed by atoms with Crippen LogP contribution in [0, 0.1) is 0 Å².